The van der Waals surface area contributed by atoms with E-state index >= 15 is 0 Å². The zero-order chi connectivity index (χ0) is 22.3. The maximum absolute atomic E-state index is 12.6. The Morgan fingerprint density at radius 3 is 2.45 bits per heavy atom. The van der Waals surface area contributed by atoms with E-state index in [1.807, 2.05) is 0 Å². The third-order valence-corrected chi connectivity index (χ3v) is 6.45. The smallest absolute Gasteiger partial charge is 0.307 e. The molecule has 8 nitrogen and oxygen atoms in total. The molecule has 0 saturated heterocycles. The van der Waals surface area contributed by atoms with E-state index in [9.17, 15) is 24.6 Å². The number of aromatic hydroxyl groups is 2. The normalized spacial score (nSPS) is 11.0. The highest BCUT2D eigenvalue weighted by Crippen LogP contribution is 2.36. The summed E-state index contributed by atoms with van der Waals surface area (Å²) in [7, 11) is 0. The van der Waals surface area contributed by atoms with E-state index in [2.05, 4.69) is 42.2 Å². The summed E-state index contributed by atoms with van der Waals surface area (Å²) in [5.41, 5.74) is 0.775. The first-order valence-electron chi connectivity index (χ1n) is 8.69. The number of amides is 1. The van der Waals surface area contributed by atoms with Crippen molar-refractivity contribution in [3.63, 3.8) is 0 Å². The van der Waals surface area contributed by atoms with Gasteiger partial charge in [-0.1, -0.05) is 23.5 Å². The number of benzene rings is 2. The van der Waals surface area contributed by atoms with Gasteiger partial charge in [-0.2, -0.15) is 0 Å². The van der Waals surface area contributed by atoms with Crippen LogP contribution in [0.2, 0.25) is 0 Å². The van der Waals surface area contributed by atoms with E-state index in [0.717, 1.165) is 23.0 Å². The van der Waals surface area contributed by atoms with Gasteiger partial charge in [-0.15, -0.1) is 0 Å². The number of thiazole rings is 1. The van der Waals surface area contributed by atoms with Crippen molar-refractivity contribution in [1.29, 1.82) is 0 Å². The number of fused-ring (bicyclic) bond motifs is 1. The third kappa shape index (κ3) is 4.29. The molecule has 2 heterocycles. The van der Waals surface area contributed by atoms with Gasteiger partial charge in [0.15, 0.2) is 16.8 Å². The average Bonchev–Trinajstić information content (AvgIpc) is 3.03. The first kappa shape index (κ1) is 21.3. The third-order valence-electron chi connectivity index (χ3n) is 4.38. The first-order valence-corrected chi connectivity index (χ1v) is 11.1. The highest BCUT2D eigenvalue weighted by molar-refractivity contribution is 9.11. The molecular formula is C20H12Br2N2O6S. The number of phenolic OH excluding ortho intramolecular Hbond substituents is 1. The highest BCUT2D eigenvalue weighted by Gasteiger charge is 2.19. The zero-order valence-electron chi connectivity index (χ0n) is 15.4. The van der Waals surface area contributed by atoms with E-state index in [-0.39, 0.29) is 33.2 Å². The molecule has 31 heavy (non-hydrogen) atoms. The van der Waals surface area contributed by atoms with Gasteiger partial charge in [-0.25, -0.2) is 0 Å². The lowest BCUT2D eigenvalue weighted by Crippen LogP contribution is -2.15. The molecule has 4 rings (SSSR count). The first-order chi connectivity index (χ1) is 14.7. The van der Waals surface area contributed by atoms with Crippen molar-refractivity contribution < 1.29 is 19.4 Å². The summed E-state index contributed by atoms with van der Waals surface area (Å²) >= 11 is 7.35. The van der Waals surface area contributed by atoms with E-state index in [0.29, 0.717) is 25.9 Å². The summed E-state index contributed by atoms with van der Waals surface area (Å²) in [6, 6.07) is 9.31. The van der Waals surface area contributed by atoms with Crippen LogP contribution < -0.4 is 15.6 Å². The maximum Gasteiger partial charge on any atom is 0.307 e. The van der Waals surface area contributed by atoms with Gasteiger partial charge >= 0.3 is 4.87 Å². The van der Waals surface area contributed by atoms with E-state index in [1.54, 1.807) is 24.3 Å². The Hall–Kier alpha value is -2.89. The molecule has 0 aliphatic heterocycles. The Balaban J connectivity index is 1.57. The average molecular weight is 568 g/mol. The number of hydrogen-bond acceptors (Lipinski definition) is 7. The molecular weight excluding hydrogens is 556 g/mol. The molecule has 0 saturated carbocycles. The quantitative estimate of drug-likeness (QED) is 0.290. The SMILES string of the molecule is O=C(Nc1ccc(Cc2sc(=O)[nH]c2O)cc1)c1cc(=O)c2c(O)c(Br)cc(Br)c2o1. The Labute approximate surface area is 194 Å². The number of halogens is 2. The predicted molar refractivity (Wildman–Crippen MR) is 123 cm³/mol. The molecule has 0 aliphatic rings. The van der Waals surface area contributed by atoms with Crippen LogP contribution in [0, 0.1) is 0 Å². The molecule has 0 radical (unpaired) electrons. The van der Waals surface area contributed by atoms with Crippen LogP contribution in [0.3, 0.4) is 0 Å². The van der Waals surface area contributed by atoms with Crippen molar-refractivity contribution in [2.24, 2.45) is 0 Å². The van der Waals surface area contributed by atoms with Crippen LogP contribution in [0.4, 0.5) is 5.69 Å². The van der Waals surface area contributed by atoms with Gasteiger partial charge in [-0.3, -0.25) is 19.4 Å². The summed E-state index contributed by atoms with van der Waals surface area (Å²) in [5.74, 6) is -1.27. The lowest BCUT2D eigenvalue weighted by molar-refractivity contribution is 0.0997. The van der Waals surface area contributed by atoms with Crippen LogP contribution in [-0.4, -0.2) is 21.1 Å². The number of rotatable bonds is 4. The minimum Gasteiger partial charge on any atom is -0.506 e. The standard InChI is InChI=1S/C20H12Br2N2O6S/c21-10-6-11(22)17-15(16(10)26)12(25)7-13(30-17)18(27)23-9-3-1-8(2-4-9)5-14-19(28)24-20(29)31-14/h1-4,6-7,26,28H,5H2,(H,23,27)(H,24,29). The van der Waals surface area contributed by atoms with Crippen molar-refractivity contribution in [2.75, 3.05) is 5.32 Å². The number of carbonyl (C=O) groups excluding carboxylic acids is 1. The van der Waals surface area contributed by atoms with Gasteiger partial charge < -0.3 is 19.9 Å². The van der Waals surface area contributed by atoms with Crippen molar-refractivity contribution in [3.8, 4) is 11.6 Å². The topological polar surface area (TPSA) is 133 Å². The van der Waals surface area contributed by atoms with Gasteiger partial charge in [0.1, 0.15) is 11.1 Å². The number of phenols is 1. The van der Waals surface area contributed by atoms with Crippen LogP contribution in [0.15, 0.2) is 59.3 Å². The second-order valence-corrected chi connectivity index (χ2v) is 9.26. The molecule has 0 aliphatic carbocycles. The molecule has 0 unspecified atom stereocenters. The lowest BCUT2D eigenvalue weighted by atomic mass is 10.1. The summed E-state index contributed by atoms with van der Waals surface area (Å²) in [6.07, 6.45) is 0.357. The fraction of sp³-hybridized carbons (Fsp3) is 0.0500. The zero-order valence-corrected chi connectivity index (χ0v) is 19.4. The Bertz CT molecular complexity index is 1440. The van der Waals surface area contributed by atoms with Crippen molar-refractivity contribution >= 4 is 65.8 Å². The number of aromatic nitrogens is 1. The van der Waals surface area contributed by atoms with E-state index < -0.39 is 11.3 Å². The molecule has 2 aromatic heterocycles. The van der Waals surface area contributed by atoms with E-state index in [1.165, 1.54) is 6.07 Å². The summed E-state index contributed by atoms with van der Waals surface area (Å²) in [6.45, 7) is 0. The maximum atomic E-state index is 12.6. The molecule has 0 atom stereocenters. The molecule has 0 fully saturated rings. The number of carbonyl (C=O) groups is 1. The number of anilines is 1. The second kappa shape index (κ2) is 8.33. The van der Waals surface area contributed by atoms with Gasteiger partial charge in [-0.05, 0) is 55.6 Å². The monoisotopic (exact) mass is 566 g/mol. The molecule has 1 amide bonds. The van der Waals surface area contributed by atoms with Gasteiger partial charge in [0.05, 0.1) is 13.8 Å². The molecule has 4 N–H and O–H groups in total. The second-order valence-electron chi connectivity index (χ2n) is 6.48. The Kier molecular flexibility index (Phi) is 5.73. The molecule has 0 bridgehead atoms. The van der Waals surface area contributed by atoms with Crippen LogP contribution in [-0.2, 0) is 6.42 Å². The van der Waals surface area contributed by atoms with Gasteiger partial charge in [0.25, 0.3) is 5.91 Å². The van der Waals surface area contributed by atoms with Gasteiger partial charge in [0, 0.05) is 18.2 Å². The van der Waals surface area contributed by atoms with Crippen molar-refractivity contribution in [3.05, 3.63) is 81.4 Å². The molecule has 4 aromatic rings. The summed E-state index contributed by atoms with van der Waals surface area (Å²) in [5, 5.41) is 22.4. The minimum absolute atomic E-state index is 0.0440. The fourth-order valence-electron chi connectivity index (χ4n) is 2.92. The molecule has 11 heteroatoms. The van der Waals surface area contributed by atoms with Crippen LogP contribution >= 0.6 is 43.2 Å². The molecule has 0 spiro atoms. The minimum atomic E-state index is -0.637. The van der Waals surface area contributed by atoms with Crippen LogP contribution in [0.1, 0.15) is 21.0 Å². The number of H-pyrrole nitrogens is 1. The lowest BCUT2D eigenvalue weighted by Gasteiger charge is -2.08. The fourth-order valence-corrected chi connectivity index (χ4v) is 4.92. The van der Waals surface area contributed by atoms with Crippen molar-refractivity contribution in [2.45, 2.75) is 6.42 Å². The largest absolute Gasteiger partial charge is 0.506 e. The number of nitrogens with one attached hydrogen (secondary N) is 2. The van der Waals surface area contributed by atoms with E-state index in [4.69, 9.17) is 4.42 Å². The molecule has 2 aromatic carbocycles. The number of aromatic amines is 1. The number of hydrogen-bond donors (Lipinski definition) is 4. The highest BCUT2D eigenvalue weighted by atomic mass is 79.9. The molecule has 158 valence electrons. The van der Waals surface area contributed by atoms with Crippen LogP contribution in [0.25, 0.3) is 11.0 Å². The summed E-state index contributed by atoms with van der Waals surface area (Å²) < 4.78 is 6.28. The predicted octanol–water partition coefficient (Wildman–Crippen LogP) is 4.32. The Morgan fingerprint density at radius 2 is 1.81 bits per heavy atom. The Morgan fingerprint density at radius 1 is 1.10 bits per heavy atom. The summed E-state index contributed by atoms with van der Waals surface area (Å²) in [4.78, 5) is 38.8. The van der Waals surface area contributed by atoms with Gasteiger partial charge in [0.2, 0.25) is 5.88 Å². The van der Waals surface area contributed by atoms with Crippen LogP contribution in [0.5, 0.6) is 11.6 Å². The van der Waals surface area contributed by atoms with Crippen molar-refractivity contribution in [1.82, 2.24) is 4.98 Å².